The van der Waals surface area contributed by atoms with Crippen molar-refractivity contribution in [1.29, 1.82) is 0 Å². The molecule has 4 fully saturated rings. The average Bonchev–Trinajstić information content (AvgIpc) is 3.61. The van der Waals surface area contributed by atoms with Gasteiger partial charge in [-0.3, -0.25) is 9.48 Å². The number of imidazole rings is 1. The number of rotatable bonds is 5. The molecule has 2 N–H and O–H groups in total. The van der Waals surface area contributed by atoms with E-state index in [1.165, 1.54) is 31.7 Å². The van der Waals surface area contributed by atoms with Gasteiger partial charge in [-0.25, -0.2) is 9.37 Å². The fourth-order valence-electron chi connectivity index (χ4n) is 6.76. The summed E-state index contributed by atoms with van der Waals surface area (Å²) in [4.78, 5) is 19.9. The van der Waals surface area contributed by atoms with Gasteiger partial charge in [0, 0.05) is 67.4 Å². The standard InChI is InChI=1S/C27H30FN7O/c1-16-12-35-14-19(9-22(28)25(35)29-16)30-26(36)20-3-4-23(21-15-33(2)32-24(20)21)34-8-6-18(13-34)31-27-7-5-17(10-27)11-27/h3-4,9,12,14-15,17-18,31H,5-8,10-11,13H2,1-2H3,(H,30,36)/t17?,18-,27?/m1/s1. The molecule has 36 heavy (non-hydrogen) atoms. The maximum atomic E-state index is 14.5. The zero-order valence-electron chi connectivity index (χ0n) is 20.6. The van der Waals surface area contributed by atoms with Crippen LogP contribution < -0.4 is 15.5 Å². The normalized spacial score (nSPS) is 25.1. The van der Waals surface area contributed by atoms with Crippen LogP contribution in [-0.4, -0.2) is 49.7 Å². The minimum Gasteiger partial charge on any atom is -0.369 e. The van der Waals surface area contributed by atoms with Gasteiger partial charge in [-0.2, -0.15) is 5.10 Å². The van der Waals surface area contributed by atoms with E-state index in [4.69, 9.17) is 0 Å². The van der Waals surface area contributed by atoms with E-state index in [0.29, 0.717) is 34.0 Å². The summed E-state index contributed by atoms with van der Waals surface area (Å²) in [7, 11) is 1.87. The number of amides is 1. The van der Waals surface area contributed by atoms with Gasteiger partial charge in [-0.15, -0.1) is 0 Å². The second kappa shape index (κ2) is 7.77. The molecule has 1 atom stereocenters. The topological polar surface area (TPSA) is 79.5 Å². The molecule has 0 radical (unpaired) electrons. The van der Waals surface area contributed by atoms with Crippen LogP contribution in [0, 0.1) is 18.7 Å². The van der Waals surface area contributed by atoms with Gasteiger partial charge in [0.25, 0.3) is 5.91 Å². The van der Waals surface area contributed by atoms with Crippen molar-refractivity contribution in [3.8, 4) is 0 Å². The molecule has 1 aromatic carbocycles. The van der Waals surface area contributed by atoms with Gasteiger partial charge >= 0.3 is 0 Å². The van der Waals surface area contributed by atoms with Gasteiger partial charge in [0.2, 0.25) is 0 Å². The lowest BCUT2D eigenvalue weighted by Crippen LogP contribution is -2.54. The quantitative estimate of drug-likeness (QED) is 0.444. The van der Waals surface area contributed by atoms with Crippen LogP contribution in [0.5, 0.6) is 0 Å². The van der Waals surface area contributed by atoms with E-state index < -0.39 is 5.82 Å². The van der Waals surface area contributed by atoms with Crippen LogP contribution in [0.15, 0.2) is 36.8 Å². The molecule has 4 heterocycles. The number of fused-ring (bicyclic) bond motifs is 3. The van der Waals surface area contributed by atoms with Crippen molar-refractivity contribution in [1.82, 2.24) is 24.5 Å². The maximum Gasteiger partial charge on any atom is 0.257 e. The lowest BCUT2D eigenvalue weighted by molar-refractivity contribution is 0.102. The van der Waals surface area contributed by atoms with Crippen molar-refractivity contribution in [2.75, 3.05) is 23.3 Å². The van der Waals surface area contributed by atoms with E-state index in [1.807, 2.05) is 25.4 Å². The van der Waals surface area contributed by atoms with E-state index in [-0.39, 0.29) is 11.6 Å². The SMILES string of the molecule is Cc1cn2cc(NC(=O)c3ccc(N4CC[C@@H](NC56CCC(C5)C6)C4)c4cn(C)nc34)cc(F)c2n1. The molecule has 186 valence electrons. The van der Waals surface area contributed by atoms with Crippen LogP contribution in [0.2, 0.25) is 0 Å². The molecule has 1 amide bonds. The molecule has 9 heteroatoms. The zero-order valence-corrected chi connectivity index (χ0v) is 20.6. The van der Waals surface area contributed by atoms with Crippen molar-refractivity contribution in [3.63, 3.8) is 0 Å². The van der Waals surface area contributed by atoms with Crippen LogP contribution in [0.4, 0.5) is 15.8 Å². The molecule has 1 aliphatic heterocycles. The summed E-state index contributed by atoms with van der Waals surface area (Å²) in [5.41, 5.74) is 3.95. The highest BCUT2D eigenvalue weighted by Crippen LogP contribution is 2.52. The Balaban J connectivity index is 1.14. The Bertz CT molecular complexity index is 1510. The lowest BCUT2D eigenvalue weighted by Gasteiger charge is -2.41. The molecule has 0 spiro atoms. The van der Waals surface area contributed by atoms with Crippen molar-refractivity contribution in [2.24, 2.45) is 13.0 Å². The van der Waals surface area contributed by atoms with Crippen LogP contribution in [0.25, 0.3) is 16.6 Å². The third kappa shape index (κ3) is 3.48. The Morgan fingerprint density at radius 2 is 2.06 bits per heavy atom. The van der Waals surface area contributed by atoms with E-state index in [1.54, 1.807) is 28.4 Å². The van der Waals surface area contributed by atoms with Crippen molar-refractivity contribution in [3.05, 3.63) is 53.9 Å². The van der Waals surface area contributed by atoms with Gasteiger partial charge in [-0.1, -0.05) is 0 Å². The molecule has 2 bridgehead atoms. The first-order valence-corrected chi connectivity index (χ1v) is 12.8. The molecule has 4 aromatic rings. The average molecular weight is 488 g/mol. The molecule has 8 nitrogen and oxygen atoms in total. The number of anilines is 2. The summed E-state index contributed by atoms with van der Waals surface area (Å²) in [5, 5.41) is 12.4. The minimum absolute atomic E-state index is 0.241. The van der Waals surface area contributed by atoms with Gasteiger partial charge in [0.05, 0.1) is 16.9 Å². The lowest BCUT2D eigenvalue weighted by atomic mass is 9.76. The van der Waals surface area contributed by atoms with E-state index in [2.05, 4.69) is 25.6 Å². The number of halogens is 1. The van der Waals surface area contributed by atoms with Crippen LogP contribution in [0.1, 0.15) is 48.2 Å². The van der Waals surface area contributed by atoms with Gasteiger partial charge in [0.15, 0.2) is 11.5 Å². The van der Waals surface area contributed by atoms with E-state index >= 15 is 0 Å². The zero-order chi connectivity index (χ0) is 24.6. The number of carbonyl (C=O) groups excluding carboxylic acids is 1. The van der Waals surface area contributed by atoms with Crippen molar-refractivity contribution >= 4 is 33.8 Å². The number of carbonyl (C=O) groups is 1. The first-order chi connectivity index (χ1) is 17.4. The fourth-order valence-corrected chi connectivity index (χ4v) is 6.76. The number of hydrogen-bond donors (Lipinski definition) is 2. The molecular formula is C27H30FN7O. The third-order valence-corrected chi connectivity index (χ3v) is 8.33. The summed E-state index contributed by atoms with van der Waals surface area (Å²) < 4.78 is 17.9. The van der Waals surface area contributed by atoms with Gasteiger partial charge in [0.1, 0.15) is 5.52 Å². The molecule has 1 saturated heterocycles. The van der Waals surface area contributed by atoms with Crippen LogP contribution >= 0.6 is 0 Å². The minimum atomic E-state index is -0.481. The van der Waals surface area contributed by atoms with Gasteiger partial charge < -0.3 is 19.9 Å². The predicted octanol–water partition coefficient (Wildman–Crippen LogP) is 4.03. The first kappa shape index (κ1) is 21.8. The smallest absolute Gasteiger partial charge is 0.257 e. The fraction of sp³-hybridized carbons (Fsp3) is 0.444. The first-order valence-electron chi connectivity index (χ1n) is 12.8. The Morgan fingerprint density at radius 3 is 2.86 bits per heavy atom. The molecule has 3 saturated carbocycles. The molecule has 0 unspecified atom stereocenters. The highest BCUT2D eigenvalue weighted by Gasteiger charge is 2.51. The van der Waals surface area contributed by atoms with Crippen molar-refractivity contribution < 1.29 is 9.18 Å². The molecule has 8 rings (SSSR count). The maximum absolute atomic E-state index is 14.5. The summed E-state index contributed by atoms with van der Waals surface area (Å²) in [5.74, 6) is 0.152. The predicted molar refractivity (Wildman–Crippen MR) is 137 cm³/mol. The number of hydrogen-bond acceptors (Lipinski definition) is 5. The Kier molecular flexibility index (Phi) is 4.70. The number of nitrogens with one attached hydrogen (secondary N) is 2. The number of aryl methyl sites for hydroxylation is 2. The van der Waals surface area contributed by atoms with Crippen molar-refractivity contribution in [2.45, 2.75) is 50.6 Å². The highest BCUT2D eigenvalue weighted by atomic mass is 19.1. The monoisotopic (exact) mass is 487 g/mol. The number of pyridine rings is 1. The second-order valence-corrected chi connectivity index (χ2v) is 11.0. The Morgan fingerprint density at radius 1 is 1.19 bits per heavy atom. The number of aromatic nitrogens is 4. The molecular weight excluding hydrogens is 457 g/mol. The summed E-state index contributed by atoms with van der Waals surface area (Å²) in [6, 6.07) is 5.66. The summed E-state index contributed by atoms with van der Waals surface area (Å²) in [6.45, 7) is 3.75. The largest absolute Gasteiger partial charge is 0.369 e. The number of benzene rings is 1. The molecule has 3 aromatic heterocycles. The summed E-state index contributed by atoms with van der Waals surface area (Å²) >= 11 is 0. The third-order valence-electron chi connectivity index (χ3n) is 8.33. The van der Waals surface area contributed by atoms with Crippen LogP contribution in [-0.2, 0) is 7.05 Å². The Hall–Kier alpha value is -3.46. The highest BCUT2D eigenvalue weighted by molar-refractivity contribution is 6.13. The number of nitrogens with zero attached hydrogens (tertiary/aromatic N) is 5. The molecule has 3 aliphatic carbocycles. The molecule has 4 aliphatic rings. The summed E-state index contributed by atoms with van der Waals surface area (Å²) in [6.07, 6.45) is 11.9. The van der Waals surface area contributed by atoms with E-state index in [9.17, 15) is 9.18 Å². The Labute approximate surface area is 208 Å². The van der Waals surface area contributed by atoms with Crippen LogP contribution in [0.3, 0.4) is 0 Å². The van der Waals surface area contributed by atoms with E-state index in [0.717, 1.165) is 36.5 Å². The second-order valence-electron chi connectivity index (χ2n) is 11.0. The van der Waals surface area contributed by atoms with Gasteiger partial charge in [-0.05, 0) is 57.1 Å².